The Labute approximate surface area is 332 Å². The average Bonchev–Trinajstić information content (AvgIpc) is 3.94. The summed E-state index contributed by atoms with van der Waals surface area (Å²) in [5, 5.41) is 10.1. The van der Waals surface area contributed by atoms with Crippen molar-refractivity contribution in [1.29, 1.82) is 0 Å². The van der Waals surface area contributed by atoms with E-state index in [-0.39, 0.29) is 117 Å². The lowest BCUT2D eigenvalue weighted by Gasteiger charge is -2.27. The van der Waals surface area contributed by atoms with Crippen molar-refractivity contribution in [3.8, 4) is 0 Å². The molecule has 6 aliphatic rings. The van der Waals surface area contributed by atoms with Crippen molar-refractivity contribution < 1.29 is 48.1 Å². The van der Waals surface area contributed by atoms with Gasteiger partial charge < -0.3 is 24.4 Å². The first-order valence-corrected chi connectivity index (χ1v) is 21.3. The van der Waals surface area contributed by atoms with E-state index >= 15 is 0 Å². The maximum Gasteiger partial charge on any atom is 0.313 e. The minimum atomic E-state index is -0.824. The third-order valence-corrected chi connectivity index (χ3v) is 12.9. The third-order valence-electron chi connectivity index (χ3n) is 12.9. The number of aliphatic hydroxyl groups excluding tert-OH is 1. The van der Waals surface area contributed by atoms with Gasteiger partial charge in [0.15, 0.2) is 17.3 Å². The van der Waals surface area contributed by atoms with Gasteiger partial charge in [0.05, 0.1) is 48.8 Å². The second kappa shape index (κ2) is 19.2. The number of hydrogen-bond acceptors (Lipinski definition) is 10. The van der Waals surface area contributed by atoms with Gasteiger partial charge in [-0.2, -0.15) is 0 Å². The Morgan fingerprint density at radius 3 is 1.70 bits per heavy atom. The molecule has 0 aromatic carbocycles. The maximum absolute atomic E-state index is 13.1. The van der Waals surface area contributed by atoms with Crippen LogP contribution in [-0.2, 0) is 43.0 Å². The molecule has 9 atom stereocenters. The van der Waals surface area contributed by atoms with E-state index in [0.717, 1.165) is 64.2 Å². The van der Waals surface area contributed by atoms with Crippen LogP contribution in [0.5, 0.6) is 0 Å². The molecule has 0 radical (unpaired) electrons. The lowest BCUT2D eigenvalue weighted by atomic mass is 9.91. The van der Waals surface area contributed by atoms with Crippen LogP contribution < -0.4 is 0 Å². The van der Waals surface area contributed by atoms with Gasteiger partial charge in [0.1, 0.15) is 0 Å². The lowest BCUT2D eigenvalue weighted by molar-refractivity contribution is -0.153. The smallest absolute Gasteiger partial charge is 0.313 e. The molecule has 2 amide bonds. The van der Waals surface area contributed by atoms with Crippen LogP contribution in [0.4, 0.5) is 0 Å². The second-order valence-electron chi connectivity index (χ2n) is 17.2. The van der Waals surface area contributed by atoms with Crippen molar-refractivity contribution in [3.63, 3.8) is 0 Å². The summed E-state index contributed by atoms with van der Waals surface area (Å²) in [6.07, 6.45) is 18.9. The molecule has 1 N–H and O–H groups in total. The van der Waals surface area contributed by atoms with Crippen molar-refractivity contribution in [2.75, 3.05) is 26.3 Å². The fraction of sp³-hybridized carbons (Fsp3) is 0.750. The first-order chi connectivity index (χ1) is 26.8. The number of ether oxygens (including phenoxy) is 2. The standard InChI is InChI=1S/C22H33NO5.C22H31NO5/c2*1-3-28-21(27)22-12-16(22)10-8-6-4-5-7-9-15(2)20(26)23-14-17(24)11-18(23)19(25)13-22/h8,10,15-18,24H,3-7,9,11-14H2,1-2H3;8,10,15-16,18H,3-7,9,11-14H2,1-2H3/b2*10-8-/t15-,16+,17+,18-,22?;15-,16+,18-,22?/m00/s1. The number of allylic oxidation sites excluding steroid dienone is 4. The largest absolute Gasteiger partial charge is 0.466 e. The Kier molecular flexibility index (Phi) is 14.9. The minimum absolute atomic E-state index is 0.000748. The number of carbonyl (C=O) groups is 7. The Morgan fingerprint density at radius 2 is 1.20 bits per heavy atom. The van der Waals surface area contributed by atoms with E-state index in [4.69, 9.17) is 9.47 Å². The first kappa shape index (κ1) is 43.5. The van der Waals surface area contributed by atoms with Crippen molar-refractivity contribution in [3.05, 3.63) is 24.3 Å². The molecule has 4 aliphatic heterocycles. The number of amides is 2. The number of esters is 2. The number of ketones is 3. The summed E-state index contributed by atoms with van der Waals surface area (Å²) < 4.78 is 10.5. The van der Waals surface area contributed by atoms with Crippen LogP contribution in [0.2, 0.25) is 0 Å². The van der Waals surface area contributed by atoms with E-state index < -0.39 is 29.0 Å². The van der Waals surface area contributed by atoms with Gasteiger partial charge in [0, 0.05) is 44.1 Å². The van der Waals surface area contributed by atoms with Gasteiger partial charge in [0.2, 0.25) is 11.8 Å². The highest BCUT2D eigenvalue weighted by Gasteiger charge is 2.62. The average molecular weight is 781 g/mol. The zero-order valence-electron chi connectivity index (χ0n) is 34.0. The van der Waals surface area contributed by atoms with Gasteiger partial charge in [-0.05, 0) is 77.0 Å². The number of fused-ring (bicyclic) bond motifs is 4. The number of hydrogen-bond donors (Lipinski definition) is 1. The molecule has 2 aliphatic carbocycles. The van der Waals surface area contributed by atoms with Crippen LogP contribution in [0, 0.1) is 34.5 Å². The Hall–Kier alpha value is -3.67. The topological polar surface area (TPSA) is 165 Å². The van der Waals surface area contributed by atoms with Gasteiger partial charge in [-0.15, -0.1) is 0 Å². The van der Waals surface area contributed by atoms with E-state index in [2.05, 4.69) is 24.3 Å². The molecule has 0 spiro atoms. The van der Waals surface area contributed by atoms with Gasteiger partial charge in [0.25, 0.3) is 0 Å². The molecule has 0 aromatic heterocycles. The Bertz CT molecular complexity index is 1560. The highest BCUT2D eigenvalue weighted by atomic mass is 16.5. The minimum Gasteiger partial charge on any atom is -0.466 e. The predicted octanol–water partition coefficient (Wildman–Crippen LogP) is 5.47. The predicted molar refractivity (Wildman–Crippen MR) is 208 cm³/mol. The molecule has 56 heavy (non-hydrogen) atoms. The molecule has 2 saturated heterocycles. The van der Waals surface area contributed by atoms with Crippen LogP contribution in [-0.4, -0.2) is 100 Å². The molecule has 2 unspecified atom stereocenters. The van der Waals surface area contributed by atoms with Crippen LogP contribution in [0.1, 0.15) is 130 Å². The molecule has 0 bridgehead atoms. The normalized spacial score (nSPS) is 36.7. The SMILES string of the molecule is CCOC(=O)C12CC(=O)[C@@H]3CC(=O)CN3C(=O)[C@@H](C)CCCCC/C=C\[C@@H]1C2.CCOC(=O)C12CC(=O)[C@@H]3C[C@@H](O)CN3C(=O)[C@@H](C)CCCCC/C=C\[C@@H]1C2. The van der Waals surface area contributed by atoms with E-state index in [1.807, 2.05) is 13.8 Å². The quantitative estimate of drug-likeness (QED) is 0.286. The highest BCUT2D eigenvalue weighted by molar-refractivity contribution is 6.02. The summed E-state index contributed by atoms with van der Waals surface area (Å²) in [4.78, 5) is 92.4. The monoisotopic (exact) mass is 780 g/mol. The number of carbonyl (C=O) groups excluding carboxylic acids is 7. The van der Waals surface area contributed by atoms with Gasteiger partial charge >= 0.3 is 11.9 Å². The van der Waals surface area contributed by atoms with Crippen LogP contribution >= 0.6 is 0 Å². The molecule has 310 valence electrons. The fourth-order valence-electron chi connectivity index (χ4n) is 9.28. The number of Topliss-reactive ketones (excluding diaryl/α,β-unsaturated/α-hetero) is 3. The molecule has 0 aromatic rings. The van der Waals surface area contributed by atoms with Gasteiger partial charge in [-0.3, -0.25) is 33.6 Å². The summed E-state index contributed by atoms with van der Waals surface area (Å²) in [5.41, 5.74) is -1.62. The highest BCUT2D eigenvalue weighted by Crippen LogP contribution is 2.58. The van der Waals surface area contributed by atoms with Gasteiger partial charge in [-0.25, -0.2) is 0 Å². The molecule has 4 fully saturated rings. The molecular formula is C44H64N2O10. The van der Waals surface area contributed by atoms with E-state index in [0.29, 0.717) is 12.8 Å². The van der Waals surface area contributed by atoms with E-state index in [9.17, 15) is 38.7 Å². The lowest BCUT2D eigenvalue weighted by Crippen LogP contribution is -2.44. The maximum atomic E-state index is 13.1. The summed E-state index contributed by atoms with van der Waals surface area (Å²) in [6, 6.07) is -1.37. The molecule has 4 heterocycles. The van der Waals surface area contributed by atoms with Crippen LogP contribution in [0.15, 0.2) is 24.3 Å². The fourth-order valence-corrected chi connectivity index (χ4v) is 9.28. The number of rotatable bonds is 4. The van der Waals surface area contributed by atoms with Crippen molar-refractivity contribution >= 4 is 41.1 Å². The Balaban J connectivity index is 0.000000214. The van der Waals surface area contributed by atoms with Crippen LogP contribution in [0.25, 0.3) is 0 Å². The zero-order valence-corrected chi connectivity index (χ0v) is 34.0. The van der Waals surface area contributed by atoms with Crippen LogP contribution in [0.3, 0.4) is 0 Å². The molecule has 6 rings (SSSR count). The molecule has 12 nitrogen and oxygen atoms in total. The summed E-state index contributed by atoms with van der Waals surface area (Å²) in [6.45, 7) is 8.08. The van der Waals surface area contributed by atoms with Crippen molar-refractivity contribution in [2.45, 2.75) is 149 Å². The third kappa shape index (κ3) is 10.1. The number of nitrogens with zero attached hydrogens (tertiary/aromatic N) is 2. The van der Waals surface area contributed by atoms with Crippen molar-refractivity contribution in [1.82, 2.24) is 9.80 Å². The second-order valence-corrected chi connectivity index (χ2v) is 17.2. The first-order valence-electron chi connectivity index (χ1n) is 21.3. The van der Waals surface area contributed by atoms with Crippen molar-refractivity contribution in [2.24, 2.45) is 34.5 Å². The number of aliphatic hydroxyl groups is 1. The van der Waals surface area contributed by atoms with E-state index in [1.54, 1.807) is 18.7 Å². The zero-order chi connectivity index (χ0) is 40.6. The Morgan fingerprint density at radius 1 is 0.714 bits per heavy atom. The van der Waals surface area contributed by atoms with Gasteiger partial charge in [-0.1, -0.05) is 63.8 Å². The summed E-state index contributed by atoms with van der Waals surface area (Å²) in [7, 11) is 0. The molecule has 12 heteroatoms. The van der Waals surface area contributed by atoms with E-state index in [1.165, 1.54) is 4.90 Å². The summed E-state index contributed by atoms with van der Waals surface area (Å²) in [5.74, 6) is -1.56. The molecule has 2 saturated carbocycles. The summed E-state index contributed by atoms with van der Waals surface area (Å²) >= 11 is 0. The molecular weight excluding hydrogens is 716 g/mol.